The molecule has 1 atom stereocenters. The highest BCUT2D eigenvalue weighted by Gasteiger charge is 2.21. The van der Waals surface area contributed by atoms with Gasteiger partial charge in [-0.1, -0.05) is 0 Å². The number of hydrogen-bond donors (Lipinski definition) is 2. The highest BCUT2D eigenvalue weighted by Crippen LogP contribution is 2.17. The molecule has 1 aromatic rings. The van der Waals surface area contributed by atoms with Crippen LogP contribution in [0, 0.1) is 5.92 Å². The lowest BCUT2D eigenvalue weighted by molar-refractivity contribution is 0.141. The third-order valence-corrected chi connectivity index (χ3v) is 4.16. The van der Waals surface area contributed by atoms with E-state index in [0.29, 0.717) is 18.5 Å². The van der Waals surface area contributed by atoms with Gasteiger partial charge in [0.1, 0.15) is 12.3 Å². The number of hydrogen-bond acceptors (Lipinski definition) is 3. The quantitative estimate of drug-likeness (QED) is 0.626. The van der Waals surface area contributed by atoms with Crippen LogP contribution in [0.5, 0.6) is 0 Å². The molecule has 1 saturated heterocycles. The molecule has 1 aromatic heterocycles. The molecule has 0 saturated carbocycles. The van der Waals surface area contributed by atoms with Crippen molar-refractivity contribution in [3.8, 4) is 0 Å². The summed E-state index contributed by atoms with van der Waals surface area (Å²) in [7, 11) is 0. The van der Waals surface area contributed by atoms with Crippen LogP contribution in [0.4, 0.5) is 0 Å². The molecule has 0 amide bonds. The van der Waals surface area contributed by atoms with E-state index in [2.05, 4.69) is 41.3 Å². The highest BCUT2D eigenvalue weighted by molar-refractivity contribution is 5.79. The van der Waals surface area contributed by atoms with Crippen molar-refractivity contribution in [2.75, 3.05) is 26.2 Å². The Kier molecular flexibility index (Phi) is 6.77. The molecule has 0 spiro atoms. The predicted molar refractivity (Wildman–Crippen MR) is 91.0 cm³/mol. The maximum atomic E-state index is 5.33. The maximum absolute atomic E-state index is 5.33. The number of piperidine rings is 1. The van der Waals surface area contributed by atoms with Gasteiger partial charge < -0.3 is 20.0 Å². The molecule has 0 bridgehead atoms. The van der Waals surface area contributed by atoms with E-state index in [1.807, 2.05) is 12.1 Å². The third kappa shape index (κ3) is 5.37. The summed E-state index contributed by atoms with van der Waals surface area (Å²) in [6, 6.07) is 4.49. The van der Waals surface area contributed by atoms with Crippen molar-refractivity contribution in [1.82, 2.24) is 15.5 Å². The Hall–Kier alpha value is -1.49. The fourth-order valence-electron chi connectivity index (χ4n) is 2.88. The van der Waals surface area contributed by atoms with Gasteiger partial charge in [-0.3, -0.25) is 0 Å². The molecule has 124 valence electrons. The molecule has 2 N–H and O–H groups in total. The number of aliphatic imine (C=N–C) groups is 1. The van der Waals surface area contributed by atoms with Crippen molar-refractivity contribution < 1.29 is 4.42 Å². The lowest BCUT2D eigenvalue weighted by Gasteiger charge is -2.35. The summed E-state index contributed by atoms with van der Waals surface area (Å²) in [5, 5.41) is 6.79. The average molecular weight is 306 g/mol. The largest absolute Gasteiger partial charge is 0.467 e. The van der Waals surface area contributed by atoms with Gasteiger partial charge >= 0.3 is 0 Å². The van der Waals surface area contributed by atoms with Crippen LogP contribution in [0.25, 0.3) is 0 Å². The maximum Gasteiger partial charge on any atom is 0.191 e. The molecule has 0 radical (unpaired) electrons. The summed E-state index contributed by atoms with van der Waals surface area (Å²) in [4.78, 5) is 7.15. The second-order valence-corrected chi connectivity index (χ2v) is 6.25. The molecule has 1 aliphatic rings. The first kappa shape index (κ1) is 16.9. The summed E-state index contributed by atoms with van der Waals surface area (Å²) in [5.41, 5.74) is 0. The van der Waals surface area contributed by atoms with Gasteiger partial charge in [0, 0.05) is 25.7 Å². The van der Waals surface area contributed by atoms with E-state index >= 15 is 0 Å². The summed E-state index contributed by atoms with van der Waals surface area (Å²) in [6.07, 6.45) is 4.28. The summed E-state index contributed by atoms with van der Waals surface area (Å²) in [6.45, 7) is 11.5. The first-order valence-electron chi connectivity index (χ1n) is 8.47. The smallest absolute Gasteiger partial charge is 0.191 e. The van der Waals surface area contributed by atoms with Gasteiger partial charge in [-0.2, -0.15) is 0 Å². The zero-order valence-corrected chi connectivity index (χ0v) is 14.1. The number of rotatable bonds is 6. The lowest BCUT2D eigenvalue weighted by atomic mass is 9.97. The molecule has 0 aromatic carbocycles. The lowest BCUT2D eigenvalue weighted by Crippen LogP contribution is -2.46. The van der Waals surface area contributed by atoms with Gasteiger partial charge in [-0.15, -0.1) is 0 Å². The van der Waals surface area contributed by atoms with Crippen molar-refractivity contribution in [1.29, 1.82) is 0 Å². The summed E-state index contributed by atoms with van der Waals surface area (Å²) >= 11 is 0. The minimum absolute atomic E-state index is 0.575. The fraction of sp³-hybridized carbons (Fsp3) is 0.706. The molecule has 1 fully saturated rings. The molecule has 2 heterocycles. The first-order chi connectivity index (χ1) is 10.7. The molecule has 5 heteroatoms. The number of guanidine groups is 1. The predicted octanol–water partition coefficient (Wildman–Crippen LogP) is 2.46. The molecule has 1 aliphatic heterocycles. The number of nitrogens with zero attached hydrogens (tertiary/aromatic N) is 2. The van der Waals surface area contributed by atoms with Crippen LogP contribution in [0.15, 0.2) is 27.8 Å². The van der Waals surface area contributed by atoms with Crippen molar-refractivity contribution in [3.05, 3.63) is 24.2 Å². The standard InChI is InChI=1S/C17H30N4O/c1-4-18-17(20-12-16-8-6-10-22-16)19-11-15-7-5-9-21(13-15)14(2)3/h6,8,10,14-15H,4-5,7,9,11-13H2,1-3H3,(H2,18,19,20). The second-order valence-electron chi connectivity index (χ2n) is 6.25. The zero-order valence-electron chi connectivity index (χ0n) is 14.1. The Morgan fingerprint density at radius 3 is 3.00 bits per heavy atom. The Morgan fingerprint density at radius 1 is 1.45 bits per heavy atom. The molecule has 22 heavy (non-hydrogen) atoms. The van der Waals surface area contributed by atoms with Crippen LogP contribution in [0.1, 0.15) is 39.4 Å². The first-order valence-corrected chi connectivity index (χ1v) is 8.47. The van der Waals surface area contributed by atoms with Crippen molar-refractivity contribution in [2.24, 2.45) is 10.9 Å². The van der Waals surface area contributed by atoms with Crippen LogP contribution < -0.4 is 10.6 Å². The third-order valence-electron chi connectivity index (χ3n) is 4.16. The molecular formula is C17H30N4O. The van der Waals surface area contributed by atoms with E-state index in [9.17, 15) is 0 Å². The van der Waals surface area contributed by atoms with E-state index < -0.39 is 0 Å². The van der Waals surface area contributed by atoms with Gasteiger partial charge in [-0.05, 0) is 58.2 Å². The van der Waals surface area contributed by atoms with E-state index in [4.69, 9.17) is 4.42 Å². The van der Waals surface area contributed by atoms with E-state index in [1.54, 1.807) is 6.26 Å². The minimum atomic E-state index is 0.575. The number of likely N-dealkylation sites (tertiary alicyclic amines) is 1. The van der Waals surface area contributed by atoms with Crippen LogP contribution in [-0.4, -0.2) is 43.1 Å². The van der Waals surface area contributed by atoms with Crippen molar-refractivity contribution >= 4 is 5.96 Å². The molecule has 0 aliphatic carbocycles. The zero-order chi connectivity index (χ0) is 15.8. The molecule has 5 nitrogen and oxygen atoms in total. The van der Waals surface area contributed by atoms with Gasteiger partial charge in [0.15, 0.2) is 5.96 Å². The Balaban J connectivity index is 1.81. The fourth-order valence-corrected chi connectivity index (χ4v) is 2.88. The monoisotopic (exact) mass is 306 g/mol. The topological polar surface area (TPSA) is 52.8 Å². The Morgan fingerprint density at radius 2 is 2.32 bits per heavy atom. The summed E-state index contributed by atoms with van der Waals surface area (Å²) < 4.78 is 5.33. The van der Waals surface area contributed by atoms with Crippen LogP contribution >= 0.6 is 0 Å². The van der Waals surface area contributed by atoms with Gasteiger partial charge in [-0.25, -0.2) is 4.99 Å². The second kappa shape index (κ2) is 8.83. The van der Waals surface area contributed by atoms with E-state index in [0.717, 1.165) is 24.8 Å². The van der Waals surface area contributed by atoms with E-state index in [-0.39, 0.29) is 0 Å². The Bertz CT molecular complexity index is 442. The SMILES string of the molecule is CCNC(=NCc1ccco1)NCC1CCCN(C(C)C)C1. The van der Waals surface area contributed by atoms with Crippen LogP contribution in [-0.2, 0) is 6.54 Å². The normalized spacial score (nSPS) is 20.4. The average Bonchev–Trinajstić information content (AvgIpc) is 3.03. The van der Waals surface area contributed by atoms with Crippen molar-refractivity contribution in [2.45, 2.75) is 46.2 Å². The Labute approximate surface area is 134 Å². The van der Waals surface area contributed by atoms with Gasteiger partial charge in [0.25, 0.3) is 0 Å². The number of nitrogens with one attached hydrogen (secondary N) is 2. The highest BCUT2D eigenvalue weighted by atomic mass is 16.3. The van der Waals surface area contributed by atoms with E-state index in [1.165, 1.54) is 25.9 Å². The van der Waals surface area contributed by atoms with Gasteiger partial charge in [0.2, 0.25) is 0 Å². The van der Waals surface area contributed by atoms with Crippen LogP contribution in [0.2, 0.25) is 0 Å². The molecule has 1 unspecified atom stereocenters. The molecule has 2 rings (SSSR count). The molecular weight excluding hydrogens is 276 g/mol. The number of furan rings is 1. The van der Waals surface area contributed by atoms with Crippen molar-refractivity contribution in [3.63, 3.8) is 0 Å². The van der Waals surface area contributed by atoms with Crippen LogP contribution in [0.3, 0.4) is 0 Å². The summed E-state index contributed by atoms with van der Waals surface area (Å²) in [5.74, 6) is 2.46. The van der Waals surface area contributed by atoms with Gasteiger partial charge in [0.05, 0.1) is 6.26 Å². The minimum Gasteiger partial charge on any atom is -0.467 e.